The number of nitrogens with zero attached hydrogens (tertiary/aromatic N) is 3. The number of aromatic nitrogens is 1. The quantitative estimate of drug-likeness (QED) is 0.603. The molecule has 1 aliphatic rings. The van der Waals surface area contributed by atoms with Crippen molar-refractivity contribution in [2.24, 2.45) is 0 Å². The van der Waals surface area contributed by atoms with Crippen molar-refractivity contribution in [2.75, 3.05) is 26.3 Å². The van der Waals surface area contributed by atoms with Crippen molar-refractivity contribution in [1.82, 2.24) is 9.47 Å². The molecule has 0 N–H and O–H groups in total. The van der Waals surface area contributed by atoms with Crippen LogP contribution in [0.3, 0.4) is 0 Å². The molecule has 0 saturated carbocycles. The maximum Gasteiger partial charge on any atom is 0.273 e. The number of amides is 1. The lowest BCUT2D eigenvalue weighted by atomic mass is 10.2. The summed E-state index contributed by atoms with van der Waals surface area (Å²) in [6, 6.07) is 13.7. The van der Waals surface area contributed by atoms with Gasteiger partial charge in [-0.05, 0) is 23.8 Å². The molecule has 0 bridgehead atoms. The first kappa shape index (κ1) is 21.6. The molecule has 0 atom stereocenters. The fraction of sp³-hybridized carbons (Fsp3) is 0.174. The van der Waals surface area contributed by atoms with Crippen LogP contribution in [0.4, 0.5) is 8.78 Å². The van der Waals surface area contributed by atoms with E-state index in [9.17, 15) is 23.6 Å². The third kappa shape index (κ3) is 4.23. The van der Waals surface area contributed by atoms with E-state index >= 15 is 0 Å². The molecule has 162 valence electrons. The van der Waals surface area contributed by atoms with Crippen LogP contribution in [0.2, 0.25) is 0 Å². The number of halogens is 2. The number of nitriles is 1. The van der Waals surface area contributed by atoms with Gasteiger partial charge in [0.25, 0.3) is 11.5 Å². The lowest BCUT2D eigenvalue weighted by Gasteiger charge is -2.26. The van der Waals surface area contributed by atoms with Gasteiger partial charge in [-0.1, -0.05) is 30.3 Å². The molecule has 0 radical (unpaired) electrons. The zero-order chi connectivity index (χ0) is 22.7. The van der Waals surface area contributed by atoms with E-state index in [-0.39, 0.29) is 20.5 Å². The first-order chi connectivity index (χ1) is 15.5. The molecule has 6 nitrogen and oxygen atoms in total. The summed E-state index contributed by atoms with van der Waals surface area (Å²) in [5.41, 5.74) is -0.410. The molecule has 2 heterocycles. The highest BCUT2D eigenvalue weighted by Gasteiger charge is 2.24. The third-order valence-corrected chi connectivity index (χ3v) is 6.00. The van der Waals surface area contributed by atoms with E-state index in [1.807, 2.05) is 12.1 Å². The predicted molar refractivity (Wildman–Crippen MR) is 116 cm³/mol. The Bertz CT molecular complexity index is 1380. The molecule has 1 saturated heterocycles. The fourth-order valence-corrected chi connectivity index (χ4v) is 4.43. The van der Waals surface area contributed by atoms with E-state index in [0.29, 0.717) is 32.4 Å². The van der Waals surface area contributed by atoms with Gasteiger partial charge in [0.1, 0.15) is 22.4 Å². The maximum absolute atomic E-state index is 14.6. The Morgan fingerprint density at radius 1 is 1.12 bits per heavy atom. The summed E-state index contributed by atoms with van der Waals surface area (Å²) in [6.07, 6.45) is 1.60. The fourth-order valence-electron chi connectivity index (χ4n) is 3.34. The normalized spacial score (nSPS) is 15.4. The highest BCUT2D eigenvalue weighted by molar-refractivity contribution is 7.07. The number of rotatable bonds is 3. The molecule has 1 fully saturated rings. The minimum Gasteiger partial charge on any atom is -0.378 e. The van der Waals surface area contributed by atoms with E-state index in [1.165, 1.54) is 4.90 Å². The molecule has 4 rings (SSSR count). The molecule has 0 spiro atoms. The number of carbonyl (C=O) groups excluding carboxylic acids is 1. The Kier molecular flexibility index (Phi) is 6.25. The number of ether oxygens (including phenoxy) is 1. The Labute approximate surface area is 185 Å². The lowest BCUT2D eigenvalue weighted by molar-refractivity contribution is -0.128. The number of thiazole rings is 1. The maximum atomic E-state index is 14.6. The van der Waals surface area contributed by atoms with Gasteiger partial charge in [0.15, 0.2) is 5.57 Å². The van der Waals surface area contributed by atoms with Gasteiger partial charge in [-0.3, -0.25) is 14.2 Å². The molecular weight excluding hydrogens is 436 g/mol. The molecule has 32 heavy (non-hydrogen) atoms. The smallest absolute Gasteiger partial charge is 0.273 e. The average Bonchev–Trinajstić information content (AvgIpc) is 3.11. The van der Waals surface area contributed by atoms with Crippen molar-refractivity contribution in [3.63, 3.8) is 0 Å². The van der Waals surface area contributed by atoms with Crippen molar-refractivity contribution in [3.8, 4) is 11.8 Å². The van der Waals surface area contributed by atoms with Crippen LogP contribution in [0.1, 0.15) is 5.56 Å². The van der Waals surface area contributed by atoms with Crippen molar-refractivity contribution in [2.45, 2.75) is 0 Å². The van der Waals surface area contributed by atoms with Crippen LogP contribution < -0.4 is 14.8 Å². The summed E-state index contributed by atoms with van der Waals surface area (Å²) < 4.78 is 34.5. The first-order valence-electron chi connectivity index (χ1n) is 9.75. The van der Waals surface area contributed by atoms with E-state index in [4.69, 9.17) is 4.74 Å². The lowest BCUT2D eigenvalue weighted by Crippen LogP contribution is -2.42. The minimum absolute atomic E-state index is 0.0123. The monoisotopic (exact) mass is 453 g/mol. The Balaban J connectivity index is 2.02. The molecule has 1 aromatic heterocycles. The second-order valence-electron chi connectivity index (χ2n) is 6.95. The number of benzene rings is 2. The highest BCUT2D eigenvalue weighted by Crippen LogP contribution is 2.13. The summed E-state index contributed by atoms with van der Waals surface area (Å²) in [7, 11) is 0. The second-order valence-corrected chi connectivity index (χ2v) is 7.98. The van der Waals surface area contributed by atoms with Crippen LogP contribution in [0.25, 0.3) is 17.3 Å². The van der Waals surface area contributed by atoms with E-state index in [1.54, 1.807) is 30.3 Å². The van der Waals surface area contributed by atoms with Gasteiger partial charge in [-0.25, -0.2) is 8.78 Å². The van der Waals surface area contributed by atoms with Gasteiger partial charge in [0.05, 0.1) is 23.4 Å². The minimum atomic E-state index is -0.978. The highest BCUT2D eigenvalue weighted by atomic mass is 32.1. The van der Waals surface area contributed by atoms with Crippen LogP contribution >= 0.6 is 11.3 Å². The van der Waals surface area contributed by atoms with Crippen molar-refractivity contribution < 1.29 is 18.3 Å². The van der Waals surface area contributed by atoms with Gasteiger partial charge < -0.3 is 9.64 Å². The molecule has 9 heteroatoms. The van der Waals surface area contributed by atoms with Crippen LogP contribution in [0.15, 0.2) is 53.3 Å². The van der Waals surface area contributed by atoms with Gasteiger partial charge in [-0.15, -0.1) is 11.3 Å². The largest absolute Gasteiger partial charge is 0.378 e. The van der Waals surface area contributed by atoms with Gasteiger partial charge in [-0.2, -0.15) is 5.26 Å². The van der Waals surface area contributed by atoms with Crippen LogP contribution in [-0.2, 0) is 9.53 Å². The number of carbonyl (C=O) groups is 1. The first-order valence-corrected chi connectivity index (χ1v) is 10.6. The second kappa shape index (κ2) is 9.26. The van der Waals surface area contributed by atoms with Crippen LogP contribution in [0, 0.1) is 23.0 Å². The predicted octanol–water partition coefficient (Wildman–Crippen LogP) is 1.54. The summed E-state index contributed by atoms with van der Waals surface area (Å²) in [4.78, 5) is 27.8. The number of hydrogen-bond acceptors (Lipinski definition) is 5. The van der Waals surface area contributed by atoms with E-state index in [2.05, 4.69) is 0 Å². The van der Waals surface area contributed by atoms with E-state index < -0.39 is 23.1 Å². The summed E-state index contributed by atoms with van der Waals surface area (Å²) >= 11 is 0.910. The standard InChI is InChI=1S/C23H17F2N3O3S/c24-16-6-7-19(18(25)13-16)28-22(30)20(12-15-4-2-1-3-5-15)32-23(28)17(14-26)21(29)27-8-10-31-11-9-27/h1-7,12-13H,8-11H2/b20-12+,23-17-. The summed E-state index contributed by atoms with van der Waals surface area (Å²) in [5.74, 6) is -2.35. The van der Waals surface area contributed by atoms with Gasteiger partial charge >= 0.3 is 0 Å². The molecule has 3 aromatic rings. The van der Waals surface area contributed by atoms with Crippen molar-refractivity contribution >= 4 is 28.9 Å². The molecule has 1 aliphatic heterocycles. The molecular formula is C23H17F2N3O3S. The average molecular weight is 453 g/mol. The topological polar surface area (TPSA) is 75.3 Å². The third-order valence-electron chi connectivity index (χ3n) is 4.91. The zero-order valence-electron chi connectivity index (χ0n) is 16.8. The van der Waals surface area contributed by atoms with Crippen molar-refractivity contribution in [1.29, 1.82) is 5.26 Å². The van der Waals surface area contributed by atoms with Crippen LogP contribution in [0.5, 0.6) is 0 Å². The summed E-state index contributed by atoms with van der Waals surface area (Å²) in [5, 5.41) is 9.82. The summed E-state index contributed by atoms with van der Waals surface area (Å²) in [6.45, 7) is 1.27. The van der Waals surface area contributed by atoms with Crippen molar-refractivity contribution in [3.05, 3.63) is 85.3 Å². The van der Waals surface area contributed by atoms with Gasteiger partial charge in [0, 0.05) is 19.2 Å². The molecule has 1 amide bonds. The number of morpholine rings is 1. The van der Waals surface area contributed by atoms with E-state index in [0.717, 1.165) is 33.6 Å². The Hall–Kier alpha value is -3.61. The Morgan fingerprint density at radius 2 is 1.84 bits per heavy atom. The van der Waals surface area contributed by atoms with Crippen LogP contribution in [-0.4, -0.2) is 41.7 Å². The molecule has 0 unspecified atom stereocenters. The number of hydrogen-bond donors (Lipinski definition) is 0. The van der Waals surface area contributed by atoms with Gasteiger partial charge in [0.2, 0.25) is 0 Å². The molecule has 2 aromatic carbocycles. The molecule has 0 aliphatic carbocycles. The Morgan fingerprint density at radius 3 is 2.50 bits per heavy atom. The zero-order valence-corrected chi connectivity index (χ0v) is 17.6. The SMILES string of the molecule is N#C/C(C(=O)N1CCOCC1)=c1/s/c(=C/c2ccccc2)c(=O)n1-c1ccc(F)cc1F.